The van der Waals surface area contributed by atoms with Crippen LogP contribution in [0.5, 0.6) is 0 Å². The van der Waals surface area contributed by atoms with Gasteiger partial charge in [-0.1, -0.05) is 6.07 Å². The molecule has 0 unspecified atom stereocenters. The van der Waals surface area contributed by atoms with Crippen molar-refractivity contribution in [1.82, 2.24) is 4.57 Å². The van der Waals surface area contributed by atoms with Gasteiger partial charge in [-0.25, -0.2) is 4.39 Å². The highest BCUT2D eigenvalue weighted by Gasteiger charge is 2.52. The van der Waals surface area contributed by atoms with E-state index >= 15 is 0 Å². The number of halogens is 4. The first-order valence-electron chi connectivity index (χ1n) is 11.6. The number of nitrogens with zero attached hydrogens (tertiary/aromatic N) is 1. The molecule has 192 valence electrons. The van der Waals surface area contributed by atoms with Crippen molar-refractivity contribution in [1.29, 1.82) is 0 Å². The first-order valence-corrected chi connectivity index (χ1v) is 11.6. The normalized spacial score (nSPS) is 18.0. The van der Waals surface area contributed by atoms with E-state index in [2.05, 4.69) is 5.32 Å². The lowest BCUT2D eigenvalue weighted by Crippen LogP contribution is -2.44. The number of alkyl halides is 3. The molecular weight excluding hydrogens is 475 g/mol. The van der Waals surface area contributed by atoms with Crippen molar-refractivity contribution >= 4 is 29.2 Å². The Morgan fingerprint density at radius 1 is 1.00 bits per heavy atom. The van der Waals surface area contributed by atoms with Gasteiger partial charge in [-0.3, -0.25) is 4.79 Å². The molecule has 3 aromatic rings. The smallest absolute Gasteiger partial charge is 0.398 e. The molecule has 2 aromatic carbocycles. The Kier molecular flexibility index (Phi) is 6.28. The van der Waals surface area contributed by atoms with E-state index in [9.17, 15) is 22.4 Å². The Balaban J connectivity index is 1.84. The summed E-state index contributed by atoms with van der Waals surface area (Å²) >= 11 is 0. The van der Waals surface area contributed by atoms with Crippen LogP contribution in [0.3, 0.4) is 0 Å². The second-order valence-corrected chi connectivity index (χ2v) is 10.4. The Morgan fingerprint density at radius 2 is 1.61 bits per heavy atom. The van der Waals surface area contributed by atoms with Gasteiger partial charge in [0, 0.05) is 24.2 Å². The number of fused-ring (bicyclic) bond motifs is 1. The molecule has 0 bridgehead atoms. The SMILES string of the molecule is Cc1cc([C@@H](C)Nc2ccc(F)cc2C(F)(F)F)c2cc(B3OC(C)(C)C(C)(C)O3)n(C)c(=O)c2c1. The molecule has 1 aliphatic heterocycles. The van der Waals surface area contributed by atoms with Gasteiger partial charge >= 0.3 is 13.3 Å². The largest absolute Gasteiger partial charge is 0.512 e. The number of aryl methyl sites for hydroxylation is 1. The lowest BCUT2D eigenvalue weighted by atomic mass is 9.81. The number of benzene rings is 2. The minimum Gasteiger partial charge on any atom is -0.398 e. The van der Waals surface area contributed by atoms with Gasteiger partial charge < -0.3 is 19.2 Å². The van der Waals surface area contributed by atoms with Crippen molar-refractivity contribution in [3.05, 3.63) is 69.3 Å². The van der Waals surface area contributed by atoms with E-state index in [0.29, 0.717) is 28.0 Å². The molecule has 1 N–H and O–H groups in total. The van der Waals surface area contributed by atoms with Crippen LogP contribution in [0.25, 0.3) is 10.8 Å². The third kappa shape index (κ3) is 4.52. The standard InChI is InChI=1S/C26H29BF4N2O3/c1-14-10-17(15(2)32-21-9-8-16(28)12-20(21)26(29,30)31)18-13-22(33(7)23(34)19(18)11-14)27-35-24(3,4)25(5,6)36-27/h8-13,15,32H,1-7H3/t15-/m1/s1. The molecule has 1 fully saturated rings. The van der Waals surface area contributed by atoms with Crippen LogP contribution in [0.15, 0.2) is 41.2 Å². The predicted octanol–water partition coefficient (Wildman–Crippen LogP) is 5.48. The Morgan fingerprint density at radius 3 is 2.19 bits per heavy atom. The number of rotatable bonds is 4. The summed E-state index contributed by atoms with van der Waals surface area (Å²) in [5.74, 6) is -0.975. The summed E-state index contributed by atoms with van der Waals surface area (Å²) in [6.07, 6.45) is -4.74. The zero-order chi connectivity index (χ0) is 26.8. The summed E-state index contributed by atoms with van der Waals surface area (Å²) in [5, 5.41) is 3.87. The fourth-order valence-corrected chi connectivity index (χ4v) is 4.44. The highest BCUT2D eigenvalue weighted by molar-refractivity contribution is 6.61. The van der Waals surface area contributed by atoms with Crippen molar-refractivity contribution in [2.45, 2.75) is 65.0 Å². The fourth-order valence-electron chi connectivity index (χ4n) is 4.44. The third-order valence-corrected chi connectivity index (χ3v) is 7.19. The van der Waals surface area contributed by atoms with Crippen LogP contribution in [0, 0.1) is 12.7 Å². The second kappa shape index (κ2) is 8.62. The quantitative estimate of drug-likeness (QED) is 0.378. The van der Waals surface area contributed by atoms with Crippen LogP contribution in [-0.4, -0.2) is 22.9 Å². The first kappa shape index (κ1) is 26.2. The topological polar surface area (TPSA) is 52.5 Å². The molecule has 0 amide bonds. The summed E-state index contributed by atoms with van der Waals surface area (Å²) in [4.78, 5) is 13.4. The number of nitrogens with one attached hydrogen (secondary N) is 1. The van der Waals surface area contributed by atoms with Crippen LogP contribution in [0.2, 0.25) is 0 Å². The van der Waals surface area contributed by atoms with E-state index in [0.717, 1.165) is 17.7 Å². The summed E-state index contributed by atoms with van der Waals surface area (Å²) in [6.45, 7) is 11.2. The van der Waals surface area contributed by atoms with Gasteiger partial charge in [0.2, 0.25) is 0 Å². The molecule has 4 rings (SSSR count). The van der Waals surface area contributed by atoms with E-state index in [-0.39, 0.29) is 11.2 Å². The van der Waals surface area contributed by atoms with Crippen molar-refractivity contribution in [2.75, 3.05) is 5.32 Å². The zero-order valence-corrected chi connectivity index (χ0v) is 21.3. The summed E-state index contributed by atoms with van der Waals surface area (Å²) in [5.41, 5.74) is -0.955. The minimum atomic E-state index is -4.74. The molecule has 0 aliphatic carbocycles. The van der Waals surface area contributed by atoms with Crippen LogP contribution in [0.4, 0.5) is 23.2 Å². The van der Waals surface area contributed by atoms with Gasteiger partial charge in [0.1, 0.15) is 5.82 Å². The molecule has 0 saturated carbocycles. The number of aromatic nitrogens is 1. The third-order valence-electron chi connectivity index (χ3n) is 7.19. The average Bonchev–Trinajstić information content (AvgIpc) is 2.97. The van der Waals surface area contributed by atoms with Gasteiger partial charge in [-0.2, -0.15) is 13.2 Å². The zero-order valence-electron chi connectivity index (χ0n) is 21.3. The summed E-state index contributed by atoms with van der Waals surface area (Å²) in [7, 11) is 0.836. The second-order valence-electron chi connectivity index (χ2n) is 10.4. The van der Waals surface area contributed by atoms with Crippen LogP contribution in [-0.2, 0) is 22.5 Å². The monoisotopic (exact) mass is 504 g/mol. The van der Waals surface area contributed by atoms with E-state index in [1.807, 2.05) is 40.7 Å². The molecule has 2 heterocycles. The average molecular weight is 504 g/mol. The Bertz CT molecular complexity index is 1380. The van der Waals surface area contributed by atoms with E-state index in [4.69, 9.17) is 9.31 Å². The number of pyridine rings is 1. The summed E-state index contributed by atoms with van der Waals surface area (Å²) < 4.78 is 68.1. The molecular formula is C26H29BF4N2O3. The molecule has 36 heavy (non-hydrogen) atoms. The lowest BCUT2D eigenvalue weighted by Gasteiger charge is -2.32. The molecule has 1 aromatic heterocycles. The molecule has 1 atom stereocenters. The molecule has 5 nitrogen and oxygen atoms in total. The number of hydrogen-bond acceptors (Lipinski definition) is 4. The highest BCUT2D eigenvalue weighted by Crippen LogP contribution is 2.38. The molecule has 0 radical (unpaired) electrons. The highest BCUT2D eigenvalue weighted by atomic mass is 19.4. The maximum Gasteiger partial charge on any atom is 0.512 e. The first-order chi connectivity index (χ1) is 16.5. The maximum absolute atomic E-state index is 13.6. The Hall–Kier alpha value is -2.85. The fraction of sp³-hybridized carbons (Fsp3) is 0.423. The van der Waals surface area contributed by atoms with Crippen LogP contribution >= 0.6 is 0 Å². The Labute approximate surface area is 207 Å². The van der Waals surface area contributed by atoms with Crippen molar-refractivity contribution in [3.8, 4) is 0 Å². The molecule has 0 spiro atoms. The van der Waals surface area contributed by atoms with E-state index < -0.39 is 41.9 Å². The van der Waals surface area contributed by atoms with E-state index in [1.165, 1.54) is 4.57 Å². The van der Waals surface area contributed by atoms with Crippen molar-refractivity contribution in [2.24, 2.45) is 7.05 Å². The van der Waals surface area contributed by atoms with Crippen molar-refractivity contribution < 1.29 is 26.9 Å². The van der Waals surface area contributed by atoms with Crippen molar-refractivity contribution in [3.63, 3.8) is 0 Å². The minimum absolute atomic E-state index is 0.249. The van der Waals surface area contributed by atoms with Crippen LogP contribution in [0.1, 0.15) is 57.4 Å². The van der Waals surface area contributed by atoms with Gasteiger partial charge in [-0.05, 0) is 88.4 Å². The summed E-state index contributed by atoms with van der Waals surface area (Å²) in [6, 6.07) is 7.24. The molecule has 1 aliphatic rings. The van der Waals surface area contributed by atoms with Gasteiger partial charge in [0.05, 0.1) is 22.4 Å². The lowest BCUT2D eigenvalue weighted by molar-refractivity contribution is -0.137. The number of hydrogen-bond donors (Lipinski definition) is 1. The van der Waals surface area contributed by atoms with Crippen LogP contribution < -0.4 is 16.5 Å². The molecule has 10 heteroatoms. The van der Waals surface area contributed by atoms with Gasteiger partial charge in [-0.15, -0.1) is 0 Å². The van der Waals surface area contributed by atoms with Gasteiger partial charge in [0.25, 0.3) is 5.56 Å². The number of anilines is 1. The van der Waals surface area contributed by atoms with Gasteiger partial charge in [0.15, 0.2) is 0 Å². The maximum atomic E-state index is 13.6. The van der Waals surface area contributed by atoms with E-state index in [1.54, 1.807) is 26.1 Å². The predicted molar refractivity (Wildman–Crippen MR) is 133 cm³/mol. The molecule has 1 saturated heterocycles.